The highest BCUT2D eigenvalue weighted by molar-refractivity contribution is 5.21. The van der Waals surface area contributed by atoms with E-state index in [9.17, 15) is 5.21 Å². The Morgan fingerprint density at radius 3 is 2.44 bits per heavy atom. The lowest BCUT2D eigenvalue weighted by molar-refractivity contribution is -0.877. The van der Waals surface area contributed by atoms with E-state index in [2.05, 4.69) is 37.1 Å². The summed E-state index contributed by atoms with van der Waals surface area (Å²) in [5.41, 5.74) is 2.43. The Balaban J connectivity index is 2.67. The molecule has 2 unspecified atom stereocenters. The Kier molecular flexibility index (Phi) is 4.12. The summed E-state index contributed by atoms with van der Waals surface area (Å²) < 4.78 is -0.371. The molecular formula is C14H19NO. The number of nitrogens with zero attached hydrogens (tertiary/aromatic N) is 1. The smallest absolute Gasteiger partial charge is 0.140 e. The van der Waals surface area contributed by atoms with Gasteiger partial charge in [-0.25, -0.2) is 0 Å². The van der Waals surface area contributed by atoms with Crippen LogP contribution in [0.1, 0.15) is 18.1 Å². The number of aryl methyl sites for hydroxylation is 1. The standard InChI is InChI=1S/C14H19NO/c1-5-10-15(4,16)13(3)11-14-8-6-12(2)7-9-14/h1,6-9,13H,10-11H2,2-4H3. The van der Waals surface area contributed by atoms with Gasteiger partial charge in [0.2, 0.25) is 0 Å². The van der Waals surface area contributed by atoms with E-state index in [1.54, 1.807) is 7.05 Å². The minimum absolute atomic E-state index is 0.0150. The Hall–Kier alpha value is -1.30. The normalized spacial score (nSPS) is 16.2. The maximum Gasteiger partial charge on any atom is 0.140 e. The van der Waals surface area contributed by atoms with Crippen LogP contribution in [0.4, 0.5) is 0 Å². The van der Waals surface area contributed by atoms with E-state index >= 15 is 0 Å². The number of rotatable bonds is 4. The van der Waals surface area contributed by atoms with Crippen LogP contribution < -0.4 is 0 Å². The summed E-state index contributed by atoms with van der Waals surface area (Å²) in [4.78, 5) is 0. The number of hydrogen-bond acceptors (Lipinski definition) is 1. The Morgan fingerprint density at radius 2 is 1.94 bits per heavy atom. The molecule has 1 aromatic carbocycles. The lowest BCUT2D eigenvalue weighted by atomic mass is 10.0. The number of quaternary nitrogens is 1. The Morgan fingerprint density at radius 1 is 1.38 bits per heavy atom. The van der Waals surface area contributed by atoms with Crippen molar-refractivity contribution in [2.45, 2.75) is 26.3 Å². The van der Waals surface area contributed by atoms with Crippen LogP contribution in [0, 0.1) is 24.5 Å². The second kappa shape index (κ2) is 5.16. The molecule has 86 valence electrons. The van der Waals surface area contributed by atoms with Crippen LogP contribution in [0.25, 0.3) is 0 Å². The van der Waals surface area contributed by atoms with Crippen LogP contribution in [-0.2, 0) is 6.42 Å². The second-order valence-electron chi connectivity index (χ2n) is 4.58. The van der Waals surface area contributed by atoms with Crippen molar-refractivity contribution in [3.63, 3.8) is 0 Å². The molecule has 0 heterocycles. The van der Waals surface area contributed by atoms with Crippen LogP contribution in [0.5, 0.6) is 0 Å². The third-order valence-electron chi connectivity index (χ3n) is 2.99. The fourth-order valence-corrected chi connectivity index (χ4v) is 1.60. The molecule has 0 N–H and O–H groups in total. The van der Waals surface area contributed by atoms with Gasteiger partial charge in [-0.3, -0.25) is 0 Å². The molecule has 0 spiro atoms. The van der Waals surface area contributed by atoms with Gasteiger partial charge in [0.25, 0.3) is 0 Å². The van der Waals surface area contributed by atoms with Gasteiger partial charge in [-0.15, -0.1) is 6.42 Å². The van der Waals surface area contributed by atoms with E-state index in [1.165, 1.54) is 11.1 Å². The molecule has 0 fully saturated rings. The van der Waals surface area contributed by atoms with Crippen LogP contribution >= 0.6 is 0 Å². The fraction of sp³-hybridized carbons (Fsp3) is 0.429. The zero-order valence-corrected chi connectivity index (χ0v) is 10.2. The molecule has 0 amide bonds. The largest absolute Gasteiger partial charge is 0.632 e. The lowest BCUT2D eigenvalue weighted by Crippen LogP contribution is -2.46. The highest BCUT2D eigenvalue weighted by Crippen LogP contribution is 2.14. The summed E-state index contributed by atoms with van der Waals surface area (Å²) in [7, 11) is 1.64. The second-order valence-corrected chi connectivity index (χ2v) is 4.58. The summed E-state index contributed by atoms with van der Waals surface area (Å²) >= 11 is 0. The quantitative estimate of drug-likeness (QED) is 0.432. The van der Waals surface area contributed by atoms with E-state index in [-0.39, 0.29) is 17.2 Å². The SMILES string of the molecule is C#CC[N+](C)([O-])C(C)Cc1ccc(C)cc1. The zero-order valence-electron chi connectivity index (χ0n) is 10.2. The molecule has 0 bridgehead atoms. The summed E-state index contributed by atoms with van der Waals surface area (Å²) in [6.45, 7) is 4.23. The monoisotopic (exact) mass is 217 g/mol. The van der Waals surface area contributed by atoms with Gasteiger partial charge in [-0.1, -0.05) is 29.8 Å². The van der Waals surface area contributed by atoms with Gasteiger partial charge in [-0.2, -0.15) is 0 Å². The van der Waals surface area contributed by atoms with Crippen molar-refractivity contribution < 1.29 is 4.65 Å². The van der Waals surface area contributed by atoms with Crippen molar-refractivity contribution in [2.75, 3.05) is 13.6 Å². The third-order valence-corrected chi connectivity index (χ3v) is 2.99. The first-order chi connectivity index (χ1) is 7.45. The number of hydroxylamine groups is 3. The molecule has 0 aromatic heterocycles. The van der Waals surface area contributed by atoms with Crippen molar-refractivity contribution in [3.05, 3.63) is 40.6 Å². The zero-order chi connectivity index (χ0) is 12.2. The van der Waals surface area contributed by atoms with Crippen molar-refractivity contribution in [1.82, 2.24) is 0 Å². The molecule has 0 aliphatic rings. The van der Waals surface area contributed by atoms with Gasteiger partial charge in [0, 0.05) is 6.42 Å². The molecule has 0 radical (unpaired) electrons. The van der Waals surface area contributed by atoms with E-state index in [0.717, 1.165) is 6.42 Å². The topological polar surface area (TPSA) is 23.1 Å². The van der Waals surface area contributed by atoms with E-state index in [0.29, 0.717) is 0 Å². The molecule has 2 nitrogen and oxygen atoms in total. The fourth-order valence-electron chi connectivity index (χ4n) is 1.60. The van der Waals surface area contributed by atoms with Gasteiger partial charge in [-0.05, 0) is 25.3 Å². The van der Waals surface area contributed by atoms with Crippen LogP contribution in [0.3, 0.4) is 0 Å². The predicted octanol–water partition coefficient (Wildman–Crippen LogP) is 2.50. The average molecular weight is 217 g/mol. The van der Waals surface area contributed by atoms with Gasteiger partial charge in [0.15, 0.2) is 0 Å². The Labute approximate surface area is 98.1 Å². The van der Waals surface area contributed by atoms with E-state index < -0.39 is 0 Å². The van der Waals surface area contributed by atoms with Crippen LogP contribution in [-0.4, -0.2) is 24.3 Å². The van der Waals surface area contributed by atoms with Gasteiger partial charge >= 0.3 is 0 Å². The van der Waals surface area contributed by atoms with Gasteiger partial charge in [0.05, 0.1) is 13.1 Å². The van der Waals surface area contributed by atoms with E-state index in [4.69, 9.17) is 6.42 Å². The number of terminal acetylenes is 1. The minimum Gasteiger partial charge on any atom is -0.632 e. The summed E-state index contributed by atoms with van der Waals surface area (Å²) in [6, 6.07) is 8.26. The molecule has 0 saturated carbocycles. The summed E-state index contributed by atoms with van der Waals surface area (Å²) in [6.07, 6.45) is 5.97. The maximum absolute atomic E-state index is 12.1. The summed E-state index contributed by atoms with van der Waals surface area (Å²) in [5.74, 6) is 2.44. The van der Waals surface area contributed by atoms with E-state index in [1.807, 2.05) is 6.92 Å². The molecule has 1 aromatic rings. The highest BCUT2D eigenvalue weighted by Gasteiger charge is 2.18. The third kappa shape index (κ3) is 3.37. The minimum atomic E-state index is -0.371. The first-order valence-electron chi connectivity index (χ1n) is 5.51. The van der Waals surface area contributed by atoms with Crippen LogP contribution in [0.15, 0.2) is 24.3 Å². The lowest BCUT2D eigenvalue weighted by Gasteiger charge is -2.42. The molecule has 2 atom stereocenters. The predicted molar refractivity (Wildman–Crippen MR) is 67.6 cm³/mol. The van der Waals surface area contributed by atoms with Crippen molar-refractivity contribution in [3.8, 4) is 12.3 Å². The first-order valence-corrected chi connectivity index (χ1v) is 5.51. The van der Waals surface area contributed by atoms with Crippen LogP contribution in [0.2, 0.25) is 0 Å². The molecule has 16 heavy (non-hydrogen) atoms. The van der Waals surface area contributed by atoms with Crippen molar-refractivity contribution >= 4 is 0 Å². The molecule has 0 saturated heterocycles. The number of hydrogen-bond donors (Lipinski definition) is 0. The Bertz CT molecular complexity index is 373. The van der Waals surface area contributed by atoms with Crippen molar-refractivity contribution in [1.29, 1.82) is 0 Å². The van der Waals surface area contributed by atoms with Gasteiger partial charge in [0.1, 0.15) is 6.54 Å². The number of likely N-dealkylation sites (N-methyl/N-ethyl adjacent to an activating group) is 1. The molecule has 1 rings (SSSR count). The van der Waals surface area contributed by atoms with Gasteiger partial charge < -0.3 is 9.85 Å². The first kappa shape index (κ1) is 12.8. The molecular weight excluding hydrogens is 198 g/mol. The average Bonchev–Trinajstić information content (AvgIpc) is 2.21. The van der Waals surface area contributed by atoms with Crippen molar-refractivity contribution in [2.24, 2.45) is 0 Å². The molecule has 2 heteroatoms. The highest BCUT2D eigenvalue weighted by atomic mass is 16.5. The number of benzene rings is 1. The molecule has 0 aliphatic heterocycles. The summed E-state index contributed by atoms with van der Waals surface area (Å²) in [5, 5.41) is 12.1. The molecule has 0 aliphatic carbocycles. The maximum atomic E-state index is 12.1.